The fourth-order valence-electron chi connectivity index (χ4n) is 6.94. The van der Waals surface area contributed by atoms with Gasteiger partial charge in [0.1, 0.15) is 11.2 Å². The largest absolute Gasteiger partial charge is 0.456 e. The van der Waals surface area contributed by atoms with Crippen molar-refractivity contribution in [3.63, 3.8) is 0 Å². The zero-order valence-electron chi connectivity index (χ0n) is 42.6. The summed E-state index contributed by atoms with van der Waals surface area (Å²) < 4.78 is 148. The van der Waals surface area contributed by atoms with Gasteiger partial charge in [-0.3, -0.25) is 0 Å². The molecule has 9 aromatic carbocycles. The number of hydrogen-bond acceptors (Lipinski definition) is 1. The van der Waals surface area contributed by atoms with Gasteiger partial charge in [0.15, 0.2) is 0 Å². The van der Waals surface area contributed by atoms with Crippen LogP contribution in [0.4, 0.5) is 0 Å². The smallest absolute Gasteiger partial charge is 0.136 e. The fraction of sp³-hybridized carbons (Fsp3) is 0. The van der Waals surface area contributed by atoms with Gasteiger partial charge < -0.3 is 4.42 Å². The minimum absolute atomic E-state index is 0.0357. The second-order valence-corrected chi connectivity index (χ2v) is 12.0. The molecule has 10 rings (SSSR count). The first kappa shape index (κ1) is 17.3. The van der Waals surface area contributed by atoms with Gasteiger partial charge in [0, 0.05) is 10.8 Å². The van der Waals surface area contributed by atoms with Gasteiger partial charge in [0.2, 0.25) is 0 Å². The van der Waals surface area contributed by atoms with E-state index < -0.39 is 72.5 Å². The van der Waals surface area contributed by atoms with Crippen LogP contribution in [0.2, 0.25) is 0 Å². The van der Waals surface area contributed by atoms with Crippen LogP contribution in [-0.2, 0) is 0 Å². The molecule has 0 atom stereocenters. The van der Waals surface area contributed by atoms with Crippen LogP contribution in [-0.4, -0.2) is 0 Å². The van der Waals surface area contributed by atoms with E-state index in [1.807, 2.05) is 12.1 Å². The van der Waals surface area contributed by atoms with Gasteiger partial charge in [-0.1, -0.05) is 157 Å². The molecule has 0 radical (unpaired) electrons. The van der Waals surface area contributed by atoms with E-state index in [4.69, 9.17) is 20.9 Å². The quantitative estimate of drug-likeness (QED) is 0.167. The molecule has 1 aromatic heterocycles. The monoisotopic (exact) mass is 664 g/mol. The van der Waals surface area contributed by atoms with Crippen LogP contribution >= 0.6 is 0 Å². The molecule has 0 amide bonds. The lowest BCUT2D eigenvalue weighted by molar-refractivity contribution is 0.669. The third-order valence-corrected chi connectivity index (χ3v) is 9.12. The summed E-state index contributed by atoms with van der Waals surface area (Å²) in [6.45, 7) is 0. The van der Waals surface area contributed by atoms with Gasteiger partial charge in [-0.25, -0.2) is 0 Å². The third kappa shape index (κ3) is 4.94. The second kappa shape index (κ2) is 12.0. The van der Waals surface area contributed by atoms with Crippen LogP contribution in [0.5, 0.6) is 0 Å². The summed E-state index contributed by atoms with van der Waals surface area (Å²) in [4.78, 5) is 0. The van der Waals surface area contributed by atoms with Gasteiger partial charge in [-0.05, 0) is 114 Å². The Balaban J connectivity index is 1.36. The molecule has 0 aliphatic heterocycles. The summed E-state index contributed by atoms with van der Waals surface area (Å²) in [5, 5.41) is 2.27. The molecule has 1 nitrogen and oxygen atoms in total. The lowest BCUT2D eigenvalue weighted by Gasteiger charge is -2.19. The molecule has 10 aromatic rings. The van der Waals surface area contributed by atoms with Crippen LogP contribution in [0.25, 0.3) is 99.1 Å². The molecular formula is C50H32O. The van der Waals surface area contributed by atoms with Gasteiger partial charge in [-0.15, -0.1) is 0 Å². The predicted octanol–water partition coefficient (Wildman–Crippen LogP) is 14.2. The number of rotatable bonds is 5. The van der Waals surface area contributed by atoms with Crippen molar-refractivity contribution in [1.82, 2.24) is 0 Å². The van der Waals surface area contributed by atoms with Crippen molar-refractivity contribution in [3.05, 3.63) is 194 Å². The van der Waals surface area contributed by atoms with Crippen molar-refractivity contribution in [3.8, 4) is 55.6 Å². The molecule has 0 unspecified atom stereocenters. The molecule has 0 aliphatic rings. The van der Waals surface area contributed by atoms with E-state index in [0.29, 0.717) is 43.8 Å². The number of furan rings is 1. The van der Waals surface area contributed by atoms with E-state index in [1.54, 1.807) is 78.9 Å². The third-order valence-electron chi connectivity index (χ3n) is 9.12. The average molecular weight is 665 g/mol. The Labute approximate surface area is 319 Å². The molecule has 0 bridgehead atoms. The normalized spacial score (nSPS) is 15.9. The maximum absolute atomic E-state index is 9.56. The Morgan fingerprint density at radius 3 is 1.51 bits per heavy atom. The van der Waals surface area contributed by atoms with E-state index in [2.05, 4.69) is 0 Å². The Bertz CT molecular complexity index is 3620. The zero-order valence-corrected chi connectivity index (χ0v) is 26.6. The lowest BCUT2D eigenvalue weighted by atomic mass is 9.83. The Hall–Kier alpha value is -6.70. The summed E-state index contributed by atoms with van der Waals surface area (Å²) in [6.07, 6.45) is 0. The van der Waals surface area contributed by atoms with Crippen LogP contribution in [0.1, 0.15) is 21.9 Å². The molecule has 0 spiro atoms. The topological polar surface area (TPSA) is 13.1 Å². The summed E-state index contributed by atoms with van der Waals surface area (Å²) >= 11 is 0. The van der Waals surface area contributed by atoms with Crippen LogP contribution in [0.3, 0.4) is 0 Å². The van der Waals surface area contributed by atoms with Crippen molar-refractivity contribution in [2.75, 3.05) is 0 Å². The fourth-order valence-corrected chi connectivity index (χ4v) is 6.94. The summed E-state index contributed by atoms with van der Waals surface area (Å²) in [6, 6.07) is 20.1. The predicted molar refractivity (Wildman–Crippen MR) is 216 cm³/mol. The van der Waals surface area contributed by atoms with Crippen molar-refractivity contribution in [2.45, 2.75) is 0 Å². The van der Waals surface area contributed by atoms with Gasteiger partial charge in [0.25, 0.3) is 0 Å². The van der Waals surface area contributed by atoms with Gasteiger partial charge in [-0.2, -0.15) is 0 Å². The van der Waals surface area contributed by atoms with E-state index in [9.17, 15) is 5.48 Å². The highest BCUT2D eigenvalue weighted by Crippen LogP contribution is 2.48. The Morgan fingerprint density at radius 1 is 0.353 bits per heavy atom. The first-order chi connectivity index (χ1) is 32.0. The van der Waals surface area contributed by atoms with Crippen molar-refractivity contribution < 1.29 is 26.3 Å². The first-order valence-electron chi connectivity index (χ1n) is 24.2. The second-order valence-electron chi connectivity index (χ2n) is 12.0. The SMILES string of the molecule is [2H]c1c([2H])c([2H])c(-c2cc(-c3c([2H])c([2H])c([2H])c([2H])c3[2H])cc(-c3c4ccccc4c(-c4c([2H])c([2H])c([2H])c5oc6c([2H])c(-c7ccccc7)c([2H])c([2H])c6c45)c4ccccc34)c2)c([2H])c1[2H]. The van der Waals surface area contributed by atoms with Gasteiger partial charge in [0.05, 0.1) is 21.9 Å². The van der Waals surface area contributed by atoms with Crippen molar-refractivity contribution in [1.29, 1.82) is 0 Å². The molecule has 0 N–H and O–H groups in total. The Kier molecular flexibility index (Phi) is 4.07. The van der Waals surface area contributed by atoms with E-state index in [0.717, 1.165) is 0 Å². The summed E-state index contributed by atoms with van der Waals surface area (Å²) in [7, 11) is 0. The maximum atomic E-state index is 9.56. The number of hydrogen-bond donors (Lipinski definition) is 0. The molecular weight excluding hydrogens is 617 g/mol. The highest BCUT2D eigenvalue weighted by Gasteiger charge is 2.21. The van der Waals surface area contributed by atoms with E-state index in [-0.39, 0.29) is 79.5 Å². The van der Waals surface area contributed by atoms with Crippen LogP contribution < -0.4 is 0 Å². The first-order valence-corrected chi connectivity index (χ1v) is 16.2. The molecule has 0 saturated carbocycles. The van der Waals surface area contributed by atoms with Crippen molar-refractivity contribution in [2.24, 2.45) is 0 Å². The van der Waals surface area contributed by atoms with Crippen molar-refractivity contribution >= 4 is 43.5 Å². The van der Waals surface area contributed by atoms with E-state index >= 15 is 0 Å². The highest BCUT2D eigenvalue weighted by atomic mass is 16.3. The molecule has 1 heteroatoms. The maximum Gasteiger partial charge on any atom is 0.136 e. The molecule has 238 valence electrons. The molecule has 0 aliphatic carbocycles. The molecule has 1 heterocycles. The standard InChI is InChI=1S/C50H32O/c1-4-15-33(16-5-1)36-27-28-44-47(32-36)51-46-26-14-25-45(50(44)46)49-42-23-12-10-21-40(42)48(41-22-11-13-24-43(41)49)39-30-37(34-17-6-2-7-18-34)29-38(31-39)35-19-8-3-9-20-35/h1-32H/i2D,3D,6D,7D,8D,9D,14D,17D,18D,19D,20D,25D,26D,27D,28D,32D. The summed E-state index contributed by atoms with van der Waals surface area (Å²) in [5.74, 6) is 0. The van der Waals surface area contributed by atoms with Gasteiger partial charge >= 0.3 is 0 Å². The zero-order chi connectivity index (χ0) is 47.7. The Morgan fingerprint density at radius 2 is 0.902 bits per heavy atom. The number of benzene rings is 9. The molecule has 0 fully saturated rings. The molecule has 0 saturated heterocycles. The van der Waals surface area contributed by atoms with E-state index in [1.165, 1.54) is 6.07 Å². The van der Waals surface area contributed by atoms with Crippen LogP contribution in [0.15, 0.2) is 198 Å². The average Bonchev–Trinajstić information content (AvgIpc) is 3.74. The van der Waals surface area contributed by atoms with Crippen LogP contribution in [0, 0.1) is 0 Å². The molecule has 51 heavy (non-hydrogen) atoms. The number of fused-ring (bicyclic) bond motifs is 5. The summed E-state index contributed by atoms with van der Waals surface area (Å²) in [5.41, 5.74) is 1.74. The minimum atomic E-state index is -0.608. The highest BCUT2D eigenvalue weighted by molar-refractivity contribution is 6.25. The minimum Gasteiger partial charge on any atom is -0.456 e. The lowest BCUT2D eigenvalue weighted by Crippen LogP contribution is -1.92.